The van der Waals surface area contributed by atoms with Crippen molar-refractivity contribution in [1.29, 1.82) is 0 Å². The quantitative estimate of drug-likeness (QED) is 0.757. The van der Waals surface area contributed by atoms with Gasteiger partial charge in [-0.3, -0.25) is 4.79 Å². The smallest absolute Gasteiger partial charge is 0.251 e. The molecule has 0 aliphatic carbocycles. The highest BCUT2D eigenvalue weighted by atomic mass is 16.2. The van der Waals surface area contributed by atoms with Crippen molar-refractivity contribution >= 4 is 5.91 Å². The molecule has 1 amide bonds. The summed E-state index contributed by atoms with van der Waals surface area (Å²) in [6.45, 7) is 4.15. The molecule has 0 aromatic heterocycles. The number of aliphatic hydroxyl groups is 1. The van der Waals surface area contributed by atoms with Crippen LogP contribution in [0.2, 0.25) is 0 Å². The summed E-state index contributed by atoms with van der Waals surface area (Å²) in [5, 5.41) is 11.8. The van der Waals surface area contributed by atoms with E-state index < -0.39 is 0 Å². The number of carbonyl (C=O) groups is 1. The molecule has 0 saturated carbocycles. The molecule has 1 rings (SSSR count). The fraction of sp³-hybridized carbons (Fsp3) is 0.500. The monoisotopic (exact) mass is 287 g/mol. The minimum absolute atomic E-state index is 0.0220. The number of benzene rings is 1. The van der Waals surface area contributed by atoms with Crippen molar-refractivity contribution in [2.45, 2.75) is 52.0 Å². The van der Waals surface area contributed by atoms with Crippen molar-refractivity contribution in [2.75, 3.05) is 6.61 Å². The van der Waals surface area contributed by atoms with Crippen molar-refractivity contribution in [3.8, 4) is 11.8 Å². The highest BCUT2D eigenvalue weighted by Gasteiger charge is 2.12. The van der Waals surface area contributed by atoms with Gasteiger partial charge in [0, 0.05) is 17.2 Å². The van der Waals surface area contributed by atoms with Crippen LogP contribution < -0.4 is 5.32 Å². The first-order valence-electron chi connectivity index (χ1n) is 7.71. The van der Waals surface area contributed by atoms with Gasteiger partial charge in [0.05, 0.1) is 0 Å². The second-order valence-corrected chi connectivity index (χ2v) is 5.14. The molecule has 114 valence electrons. The lowest BCUT2D eigenvalue weighted by molar-refractivity contribution is 0.0932. The molecule has 1 aromatic carbocycles. The summed E-state index contributed by atoms with van der Waals surface area (Å²) in [5.41, 5.74) is 1.46. The maximum atomic E-state index is 12.2. The number of nitrogens with one attached hydrogen (secondary N) is 1. The molecule has 0 bridgehead atoms. The Bertz CT molecular complexity index is 482. The van der Waals surface area contributed by atoms with E-state index in [1.807, 2.05) is 0 Å². The van der Waals surface area contributed by atoms with E-state index in [4.69, 9.17) is 5.11 Å². The second-order valence-electron chi connectivity index (χ2n) is 5.14. The molecule has 0 heterocycles. The third-order valence-corrected chi connectivity index (χ3v) is 3.34. The van der Waals surface area contributed by atoms with E-state index in [-0.39, 0.29) is 18.6 Å². The number of rotatable bonds is 7. The summed E-state index contributed by atoms with van der Waals surface area (Å²) >= 11 is 0. The van der Waals surface area contributed by atoms with Gasteiger partial charge in [0.25, 0.3) is 5.91 Å². The van der Waals surface area contributed by atoms with Crippen molar-refractivity contribution < 1.29 is 9.90 Å². The molecule has 0 radical (unpaired) electrons. The Morgan fingerprint density at radius 2 is 1.90 bits per heavy atom. The van der Waals surface area contributed by atoms with E-state index in [2.05, 4.69) is 31.0 Å². The van der Waals surface area contributed by atoms with Gasteiger partial charge in [0.1, 0.15) is 6.61 Å². The van der Waals surface area contributed by atoms with Gasteiger partial charge in [0.15, 0.2) is 0 Å². The predicted octanol–water partition coefficient (Wildman–Crippen LogP) is 3.12. The van der Waals surface area contributed by atoms with E-state index >= 15 is 0 Å². The van der Waals surface area contributed by atoms with Crippen molar-refractivity contribution in [1.82, 2.24) is 5.32 Å². The van der Waals surface area contributed by atoms with E-state index in [9.17, 15) is 4.79 Å². The molecule has 21 heavy (non-hydrogen) atoms. The highest BCUT2D eigenvalue weighted by molar-refractivity contribution is 5.94. The third kappa shape index (κ3) is 6.46. The average Bonchev–Trinajstić information content (AvgIpc) is 2.51. The molecule has 1 atom stereocenters. The Balaban J connectivity index is 2.64. The standard InChI is InChI=1S/C18H25NO2/c1-3-5-9-17(7-4-2)19-18(21)16-12-10-15(11-13-16)8-6-14-20/h10-13,17,20H,3-5,7,9,14H2,1-2H3,(H,19,21). The van der Waals surface area contributed by atoms with Crippen LogP contribution in [0.5, 0.6) is 0 Å². The van der Waals surface area contributed by atoms with Crippen molar-refractivity contribution in [2.24, 2.45) is 0 Å². The fourth-order valence-electron chi connectivity index (χ4n) is 2.20. The predicted molar refractivity (Wildman–Crippen MR) is 86.1 cm³/mol. The van der Waals surface area contributed by atoms with Crippen LogP contribution in [-0.2, 0) is 0 Å². The molecule has 3 heteroatoms. The van der Waals surface area contributed by atoms with Gasteiger partial charge in [0.2, 0.25) is 0 Å². The molecule has 0 aliphatic rings. The summed E-state index contributed by atoms with van der Waals surface area (Å²) in [6, 6.07) is 7.42. The molecule has 0 fully saturated rings. The van der Waals surface area contributed by atoms with Gasteiger partial charge in [-0.1, -0.05) is 45.0 Å². The zero-order chi connectivity index (χ0) is 15.5. The first-order chi connectivity index (χ1) is 10.2. The van der Waals surface area contributed by atoms with Gasteiger partial charge in [-0.05, 0) is 37.1 Å². The molecule has 0 aliphatic heterocycles. The molecule has 1 aromatic rings. The van der Waals surface area contributed by atoms with E-state index in [1.165, 1.54) is 0 Å². The Morgan fingerprint density at radius 1 is 1.19 bits per heavy atom. The van der Waals surface area contributed by atoms with Crippen LogP contribution in [0.1, 0.15) is 61.9 Å². The summed E-state index contributed by atoms with van der Waals surface area (Å²) in [7, 11) is 0. The largest absolute Gasteiger partial charge is 0.384 e. The topological polar surface area (TPSA) is 49.3 Å². The first-order valence-corrected chi connectivity index (χ1v) is 7.71. The first kappa shape index (κ1) is 17.3. The van der Waals surface area contributed by atoms with E-state index in [1.54, 1.807) is 24.3 Å². The van der Waals surface area contributed by atoms with Gasteiger partial charge < -0.3 is 10.4 Å². The summed E-state index contributed by atoms with van der Waals surface area (Å²) < 4.78 is 0. The van der Waals surface area contributed by atoms with E-state index in [0.717, 1.165) is 37.7 Å². The second kappa shape index (κ2) is 10.0. The Labute approximate surface area is 127 Å². The average molecular weight is 287 g/mol. The minimum Gasteiger partial charge on any atom is -0.384 e. The van der Waals surface area contributed by atoms with Crippen molar-refractivity contribution in [3.63, 3.8) is 0 Å². The van der Waals surface area contributed by atoms with Crippen LogP contribution in [0.3, 0.4) is 0 Å². The molecular weight excluding hydrogens is 262 g/mol. The van der Waals surface area contributed by atoms with Gasteiger partial charge in [-0.2, -0.15) is 0 Å². The molecule has 3 nitrogen and oxygen atoms in total. The Kier molecular flexibility index (Phi) is 8.23. The Morgan fingerprint density at radius 3 is 2.48 bits per heavy atom. The summed E-state index contributed by atoms with van der Waals surface area (Å²) in [6.07, 6.45) is 5.42. The number of hydrogen-bond donors (Lipinski definition) is 2. The molecule has 0 spiro atoms. The lowest BCUT2D eigenvalue weighted by Gasteiger charge is -2.17. The maximum absolute atomic E-state index is 12.2. The number of amides is 1. The van der Waals surface area contributed by atoms with Crippen LogP contribution in [0.4, 0.5) is 0 Å². The molecule has 0 saturated heterocycles. The van der Waals surface area contributed by atoms with Crippen LogP contribution in [-0.4, -0.2) is 23.7 Å². The van der Waals surface area contributed by atoms with Crippen LogP contribution >= 0.6 is 0 Å². The lowest BCUT2D eigenvalue weighted by Crippen LogP contribution is -2.34. The summed E-state index contributed by atoms with van der Waals surface area (Å²) in [5.74, 6) is 5.39. The maximum Gasteiger partial charge on any atom is 0.251 e. The normalized spacial score (nSPS) is 11.4. The number of aliphatic hydroxyl groups excluding tert-OH is 1. The Hall–Kier alpha value is -1.79. The number of carbonyl (C=O) groups excluding carboxylic acids is 1. The van der Waals surface area contributed by atoms with Crippen LogP contribution in [0, 0.1) is 11.8 Å². The van der Waals surface area contributed by atoms with Gasteiger partial charge in [-0.15, -0.1) is 0 Å². The minimum atomic E-state index is -0.154. The van der Waals surface area contributed by atoms with Crippen LogP contribution in [0.25, 0.3) is 0 Å². The summed E-state index contributed by atoms with van der Waals surface area (Å²) in [4.78, 5) is 12.2. The van der Waals surface area contributed by atoms with Crippen molar-refractivity contribution in [3.05, 3.63) is 35.4 Å². The molecule has 1 unspecified atom stereocenters. The molecular formula is C18H25NO2. The highest BCUT2D eigenvalue weighted by Crippen LogP contribution is 2.09. The third-order valence-electron chi connectivity index (χ3n) is 3.34. The number of hydrogen-bond acceptors (Lipinski definition) is 2. The SMILES string of the molecule is CCCCC(CCC)NC(=O)c1ccc(C#CCO)cc1. The van der Waals surface area contributed by atoms with Crippen LogP contribution in [0.15, 0.2) is 24.3 Å². The van der Waals surface area contributed by atoms with Gasteiger partial charge in [-0.25, -0.2) is 0 Å². The molecule has 2 N–H and O–H groups in total. The zero-order valence-corrected chi connectivity index (χ0v) is 13.0. The van der Waals surface area contributed by atoms with E-state index in [0.29, 0.717) is 5.56 Å². The van der Waals surface area contributed by atoms with Gasteiger partial charge >= 0.3 is 0 Å². The lowest BCUT2D eigenvalue weighted by atomic mass is 10.0. The number of unbranched alkanes of at least 4 members (excludes halogenated alkanes) is 1. The fourth-order valence-corrected chi connectivity index (χ4v) is 2.20. The zero-order valence-electron chi connectivity index (χ0n) is 13.0.